The van der Waals surface area contributed by atoms with Crippen molar-refractivity contribution in [2.45, 2.75) is 26.2 Å². The van der Waals surface area contributed by atoms with Crippen molar-refractivity contribution >= 4 is 17.0 Å². The van der Waals surface area contributed by atoms with E-state index in [9.17, 15) is 9.59 Å². The van der Waals surface area contributed by atoms with Gasteiger partial charge in [0.2, 0.25) is 5.91 Å². The van der Waals surface area contributed by atoms with Gasteiger partial charge in [0.05, 0.1) is 5.52 Å². The summed E-state index contributed by atoms with van der Waals surface area (Å²) in [5.74, 6) is -1.00. The lowest BCUT2D eigenvalue weighted by Crippen LogP contribution is -2.14. The fraction of sp³-hybridized carbons (Fsp3) is 0.333. The highest BCUT2D eigenvalue weighted by atomic mass is 16.4. The molecule has 0 saturated heterocycles. The van der Waals surface area contributed by atoms with Crippen molar-refractivity contribution in [3.8, 4) is 0 Å². The first-order chi connectivity index (χ1) is 8.13. The number of benzene rings is 1. The molecule has 17 heavy (non-hydrogen) atoms. The highest BCUT2D eigenvalue weighted by molar-refractivity contribution is 5.98. The van der Waals surface area contributed by atoms with Crippen molar-refractivity contribution in [2.24, 2.45) is 5.73 Å². The molecule has 1 amide bonds. The van der Waals surface area contributed by atoms with E-state index in [0.717, 1.165) is 18.4 Å². The number of oxazole rings is 1. The molecule has 90 valence electrons. The van der Waals surface area contributed by atoms with Gasteiger partial charge in [-0.3, -0.25) is 9.78 Å². The Kier molecular flexibility index (Phi) is 2.99. The van der Waals surface area contributed by atoms with E-state index in [0.29, 0.717) is 23.1 Å². The Balaban J connectivity index is 2.65. The van der Waals surface area contributed by atoms with Crippen LogP contribution >= 0.6 is 0 Å². The highest BCUT2D eigenvalue weighted by Crippen LogP contribution is 2.21. The molecule has 0 bridgehead atoms. The van der Waals surface area contributed by atoms with E-state index in [1.165, 1.54) is 0 Å². The molecule has 5 nitrogen and oxygen atoms in total. The van der Waals surface area contributed by atoms with Crippen LogP contribution in [0.4, 0.5) is 0 Å². The van der Waals surface area contributed by atoms with Crippen molar-refractivity contribution in [2.75, 3.05) is 0 Å². The van der Waals surface area contributed by atoms with E-state index >= 15 is 0 Å². The van der Waals surface area contributed by atoms with E-state index < -0.39 is 11.7 Å². The number of nitrogens with one attached hydrogen (secondary N) is 1. The quantitative estimate of drug-likeness (QED) is 0.841. The molecule has 2 rings (SSSR count). The molecule has 0 radical (unpaired) electrons. The van der Waals surface area contributed by atoms with Crippen LogP contribution in [0.2, 0.25) is 0 Å². The minimum atomic E-state index is -0.514. The van der Waals surface area contributed by atoms with Gasteiger partial charge >= 0.3 is 5.76 Å². The van der Waals surface area contributed by atoms with E-state index in [1.807, 2.05) is 0 Å². The first-order valence-electron chi connectivity index (χ1n) is 5.58. The zero-order valence-corrected chi connectivity index (χ0v) is 9.58. The fourth-order valence-corrected chi connectivity index (χ4v) is 1.92. The van der Waals surface area contributed by atoms with Crippen LogP contribution in [0.1, 0.15) is 35.7 Å². The maximum Gasteiger partial charge on any atom is 0.417 e. The molecule has 0 aliphatic rings. The van der Waals surface area contributed by atoms with E-state index in [4.69, 9.17) is 10.2 Å². The smallest absolute Gasteiger partial charge is 0.408 e. The van der Waals surface area contributed by atoms with Crippen LogP contribution in [0.15, 0.2) is 21.3 Å². The number of fused-ring (bicyclic) bond motifs is 1. The third kappa shape index (κ3) is 2.08. The predicted octanol–water partition coefficient (Wildman–Crippen LogP) is 1.56. The number of unbranched alkanes of at least 4 members (excludes halogenated alkanes) is 1. The summed E-state index contributed by atoms with van der Waals surface area (Å²) in [6.07, 6.45) is 2.62. The summed E-state index contributed by atoms with van der Waals surface area (Å²) < 4.78 is 4.96. The monoisotopic (exact) mass is 234 g/mol. The second kappa shape index (κ2) is 4.45. The number of H-pyrrole nitrogens is 1. The number of carbonyl (C=O) groups excluding carboxylic acids is 1. The van der Waals surface area contributed by atoms with Gasteiger partial charge < -0.3 is 10.2 Å². The number of nitrogens with two attached hydrogens (primary N) is 1. The lowest BCUT2D eigenvalue weighted by molar-refractivity contribution is 0.0999. The van der Waals surface area contributed by atoms with Gasteiger partial charge in [0.1, 0.15) is 0 Å². The molecule has 0 aliphatic heterocycles. The molecule has 5 heteroatoms. The first kappa shape index (κ1) is 11.4. The summed E-state index contributed by atoms with van der Waals surface area (Å²) in [6, 6.07) is 3.19. The van der Waals surface area contributed by atoms with Gasteiger partial charge in [0.25, 0.3) is 0 Å². The van der Waals surface area contributed by atoms with Gasteiger partial charge in [-0.1, -0.05) is 13.3 Å². The van der Waals surface area contributed by atoms with Crippen LogP contribution < -0.4 is 11.5 Å². The zero-order valence-electron chi connectivity index (χ0n) is 9.58. The predicted molar refractivity (Wildman–Crippen MR) is 64.0 cm³/mol. The van der Waals surface area contributed by atoms with Crippen LogP contribution in [0.3, 0.4) is 0 Å². The summed E-state index contributed by atoms with van der Waals surface area (Å²) in [5, 5.41) is 0. The highest BCUT2D eigenvalue weighted by Gasteiger charge is 2.14. The van der Waals surface area contributed by atoms with Gasteiger partial charge in [0.15, 0.2) is 5.58 Å². The minimum Gasteiger partial charge on any atom is -0.408 e. The Labute approximate surface area is 97.6 Å². The lowest BCUT2D eigenvalue weighted by atomic mass is 10.00. The molecule has 2 aromatic rings. The largest absolute Gasteiger partial charge is 0.417 e. The molecule has 1 heterocycles. The van der Waals surface area contributed by atoms with Gasteiger partial charge in [-0.05, 0) is 30.5 Å². The number of aromatic nitrogens is 1. The molecule has 0 fully saturated rings. The molecular weight excluding hydrogens is 220 g/mol. The number of hydrogen-bond donors (Lipinski definition) is 2. The Hall–Kier alpha value is -2.04. The van der Waals surface area contributed by atoms with Crippen molar-refractivity contribution in [3.63, 3.8) is 0 Å². The van der Waals surface area contributed by atoms with Crippen molar-refractivity contribution < 1.29 is 9.21 Å². The van der Waals surface area contributed by atoms with Gasteiger partial charge in [0, 0.05) is 5.56 Å². The SMILES string of the molecule is CCCCc1c(C(N)=O)ccc2oc(=O)[nH]c12. The van der Waals surface area contributed by atoms with Crippen molar-refractivity contribution in [1.82, 2.24) is 4.98 Å². The van der Waals surface area contributed by atoms with Crippen LogP contribution in [0.25, 0.3) is 11.1 Å². The molecule has 0 aliphatic carbocycles. The molecule has 0 atom stereocenters. The van der Waals surface area contributed by atoms with E-state index in [2.05, 4.69) is 11.9 Å². The average molecular weight is 234 g/mol. The number of amides is 1. The molecule has 0 spiro atoms. The average Bonchev–Trinajstić information content (AvgIpc) is 2.65. The number of primary amides is 1. The van der Waals surface area contributed by atoms with Crippen LogP contribution in [0.5, 0.6) is 0 Å². The second-order valence-corrected chi connectivity index (χ2v) is 3.95. The van der Waals surface area contributed by atoms with Crippen LogP contribution in [-0.2, 0) is 6.42 Å². The van der Waals surface area contributed by atoms with E-state index in [-0.39, 0.29) is 0 Å². The minimum absolute atomic E-state index is 0.447. The maximum atomic E-state index is 11.3. The first-order valence-corrected chi connectivity index (χ1v) is 5.58. The van der Waals surface area contributed by atoms with Crippen LogP contribution in [-0.4, -0.2) is 10.9 Å². The zero-order chi connectivity index (χ0) is 12.4. The Morgan fingerprint density at radius 1 is 1.47 bits per heavy atom. The summed E-state index contributed by atoms with van der Waals surface area (Å²) in [6.45, 7) is 2.06. The molecule has 3 N–H and O–H groups in total. The summed E-state index contributed by atoms with van der Waals surface area (Å²) in [4.78, 5) is 25.1. The van der Waals surface area contributed by atoms with Crippen LogP contribution in [0, 0.1) is 0 Å². The normalized spacial score (nSPS) is 10.9. The summed E-state index contributed by atoms with van der Waals surface area (Å²) in [5.41, 5.74) is 7.58. The molecule has 0 unspecified atom stereocenters. The number of hydrogen-bond acceptors (Lipinski definition) is 3. The third-order valence-corrected chi connectivity index (χ3v) is 2.75. The topological polar surface area (TPSA) is 89.1 Å². The number of aromatic amines is 1. The molecule has 1 aromatic carbocycles. The summed E-state index contributed by atoms with van der Waals surface area (Å²) >= 11 is 0. The van der Waals surface area contributed by atoms with Gasteiger partial charge in [-0.15, -0.1) is 0 Å². The number of carbonyl (C=O) groups is 1. The standard InChI is InChI=1S/C12H14N2O3/c1-2-3-4-7-8(11(13)15)5-6-9-10(7)14-12(16)17-9/h5-6H,2-4H2,1H3,(H2,13,15)(H,14,16). The molecule has 1 aromatic heterocycles. The van der Waals surface area contributed by atoms with Crippen molar-refractivity contribution in [3.05, 3.63) is 33.8 Å². The Morgan fingerprint density at radius 3 is 2.88 bits per heavy atom. The number of rotatable bonds is 4. The Bertz CT molecular complexity index is 610. The Morgan fingerprint density at radius 2 is 2.24 bits per heavy atom. The third-order valence-electron chi connectivity index (χ3n) is 2.75. The lowest BCUT2D eigenvalue weighted by Gasteiger charge is -2.06. The second-order valence-electron chi connectivity index (χ2n) is 3.95. The molecular formula is C12H14N2O3. The van der Waals surface area contributed by atoms with Crippen molar-refractivity contribution in [1.29, 1.82) is 0 Å². The van der Waals surface area contributed by atoms with E-state index in [1.54, 1.807) is 12.1 Å². The molecule has 0 saturated carbocycles. The number of aryl methyl sites for hydroxylation is 1. The fourth-order valence-electron chi connectivity index (χ4n) is 1.92. The summed E-state index contributed by atoms with van der Waals surface area (Å²) in [7, 11) is 0. The van der Waals surface area contributed by atoms with Gasteiger partial charge in [-0.2, -0.15) is 0 Å². The maximum absolute atomic E-state index is 11.3. The van der Waals surface area contributed by atoms with Gasteiger partial charge in [-0.25, -0.2) is 4.79 Å².